The molecule has 2 heterocycles. The van der Waals surface area contributed by atoms with Gasteiger partial charge in [0, 0.05) is 23.4 Å². The minimum absolute atomic E-state index is 0.0271. The Hall–Kier alpha value is -1.18. The van der Waals surface area contributed by atoms with Crippen molar-refractivity contribution in [1.82, 2.24) is 4.31 Å². The predicted octanol–water partition coefficient (Wildman–Crippen LogP) is 2.81. The number of sulfonamides is 1. The van der Waals surface area contributed by atoms with Crippen LogP contribution in [0.4, 0.5) is 0 Å². The summed E-state index contributed by atoms with van der Waals surface area (Å²) in [5.74, 6) is -0.868. The number of allylic oxidation sites excluding steroid dienone is 2. The Morgan fingerprint density at radius 1 is 1.41 bits per heavy atom. The molecule has 0 aromatic carbocycles. The molecule has 1 unspecified atom stereocenters. The van der Waals surface area contributed by atoms with Crippen molar-refractivity contribution >= 4 is 27.3 Å². The molecular formula is C15H19NO4S2. The summed E-state index contributed by atoms with van der Waals surface area (Å²) < 4.78 is 27.2. The van der Waals surface area contributed by atoms with E-state index >= 15 is 0 Å². The van der Waals surface area contributed by atoms with E-state index in [4.69, 9.17) is 5.11 Å². The smallest absolute Gasteiger partial charge is 0.345 e. The summed E-state index contributed by atoms with van der Waals surface area (Å²) in [5.41, 5.74) is 0.0346. The van der Waals surface area contributed by atoms with Gasteiger partial charge in [-0.1, -0.05) is 26.0 Å². The summed E-state index contributed by atoms with van der Waals surface area (Å²) in [7, 11) is -3.62. The van der Waals surface area contributed by atoms with Crippen LogP contribution in [-0.2, 0) is 10.0 Å². The van der Waals surface area contributed by atoms with E-state index in [2.05, 4.69) is 12.2 Å². The molecule has 7 heteroatoms. The highest BCUT2D eigenvalue weighted by Gasteiger charge is 2.57. The van der Waals surface area contributed by atoms with E-state index in [9.17, 15) is 13.2 Å². The number of carboxylic acid groups (broad SMARTS) is 1. The third kappa shape index (κ3) is 2.23. The van der Waals surface area contributed by atoms with Gasteiger partial charge in [-0.3, -0.25) is 0 Å². The topological polar surface area (TPSA) is 74.7 Å². The first-order chi connectivity index (χ1) is 10.3. The van der Waals surface area contributed by atoms with Crippen LogP contribution in [-0.4, -0.2) is 36.4 Å². The summed E-state index contributed by atoms with van der Waals surface area (Å²) in [4.78, 5) is 11.1. The molecule has 22 heavy (non-hydrogen) atoms. The highest BCUT2D eigenvalue weighted by molar-refractivity contribution is 7.89. The van der Waals surface area contributed by atoms with Crippen LogP contribution < -0.4 is 0 Å². The van der Waals surface area contributed by atoms with Crippen molar-refractivity contribution in [3.05, 3.63) is 28.5 Å². The van der Waals surface area contributed by atoms with Gasteiger partial charge in [0.15, 0.2) is 0 Å². The quantitative estimate of drug-likeness (QED) is 0.855. The predicted molar refractivity (Wildman–Crippen MR) is 84.6 cm³/mol. The number of hydrogen-bond donors (Lipinski definition) is 1. The lowest BCUT2D eigenvalue weighted by atomic mass is 9.67. The molecule has 120 valence electrons. The van der Waals surface area contributed by atoms with Crippen molar-refractivity contribution in [2.24, 2.45) is 11.3 Å². The van der Waals surface area contributed by atoms with Crippen molar-refractivity contribution in [3.8, 4) is 0 Å². The van der Waals surface area contributed by atoms with Crippen LogP contribution in [0.25, 0.3) is 0 Å². The van der Waals surface area contributed by atoms with Crippen LogP contribution in [0.2, 0.25) is 0 Å². The number of carboxylic acids is 1. The van der Waals surface area contributed by atoms with Crippen molar-refractivity contribution in [2.75, 3.05) is 6.54 Å². The molecule has 1 aliphatic carbocycles. The van der Waals surface area contributed by atoms with Gasteiger partial charge in [0.2, 0.25) is 10.0 Å². The van der Waals surface area contributed by atoms with Gasteiger partial charge in [-0.2, -0.15) is 4.31 Å². The van der Waals surface area contributed by atoms with E-state index in [0.29, 0.717) is 6.54 Å². The molecule has 5 nitrogen and oxygen atoms in total. The second-order valence-electron chi connectivity index (χ2n) is 6.43. The van der Waals surface area contributed by atoms with E-state index in [1.54, 1.807) is 4.31 Å². The minimum atomic E-state index is -3.62. The minimum Gasteiger partial charge on any atom is -0.477 e. The lowest BCUT2D eigenvalue weighted by Gasteiger charge is -2.57. The van der Waals surface area contributed by atoms with Gasteiger partial charge in [-0.05, 0) is 24.8 Å². The van der Waals surface area contributed by atoms with E-state index in [-0.39, 0.29) is 27.1 Å². The molecule has 3 rings (SSSR count). The highest BCUT2D eigenvalue weighted by atomic mass is 32.2. The zero-order valence-corrected chi connectivity index (χ0v) is 14.2. The normalized spacial score (nSPS) is 24.0. The van der Waals surface area contributed by atoms with E-state index in [1.165, 1.54) is 11.4 Å². The molecular weight excluding hydrogens is 322 g/mol. The standard InChI is InChI=1S/C15H19NO4S2/c1-10(2)13-15(5-3-4-6-15)9-16(13)22(19,20)11-7-12(14(17)18)21-8-11/h3-4,7-8,10,13H,5-6,9H2,1-2H3,(H,17,18). The molecule has 1 N–H and O–H groups in total. The summed E-state index contributed by atoms with van der Waals surface area (Å²) in [5, 5.41) is 10.4. The van der Waals surface area contributed by atoms with Crippen LogP contribution in [0.1, 0.15) is 36.4 Å². The Kier molecular flexibility index (Phi) is 3.70. The molecule has 1 aliphatic heterocycles. The zero-order chi connectivity index (χ0) is 16.1. The van der Waals surface area contributed by atoms with Gasteiger partial charge in [-0.15, -0.1) is 11.3 Å². The second kappa shape index (κ2) is 5.18. The van der Waals surface area contributed by atoms with E-state index in [0.717, 1.165) is 24.2 Å². The molecule has 0 radical (unpaired) electrons. The van der Waals surface area contributed by atoms with E-state index in [1.807, 2.05) is 13.8 Å². The van der Waals surface area contributed by atoms with Crippen LogP contribution in [0.3, 0.4) is 0 Å². The number of thiophene rings is 1. The van der Waals surface area contributed by atoms with Crippen molar-refractivity contribution in [3.63, 3.8) is 0 Å². The zero-order valence-electron chi connectivity index (χ0n) is 12.5. The van der Waals surface area contributed by atoms with Gasteiger partial charge in [0.05, 0.1) is 4.90 Å². The molecule has 1 aromatic rings. The van der Waals surface area contributed by atoms with Gasteiger partial charge < -0.3 is 5.11 Å². The van der Waals surface area contributed by atoms with Crippen LogP contribution >= 0.6 is 11.3 Å². The third-order valence-electron chi connectivity index (χ3n) is 4.65. The maximum Gasteiger partial charge on any atom is 0.345 e. The lowest BCUT2D eigenvalue weighted by molar-refractivity contribution is -0.0291. The Bertz CT molecular complexity index is 724. The van der Waals surface area contributed by atoms with Gasteiger partial charge >= 0.3 is 5.97 Å². The second-order valence-corrected chi connectivity index (χ2v) is 9.23. The summed E-state index contributed by atoms with van der Waals surface area (Å²) in [6.45, 7) is 4.61. The molecule has 0 saturated carbocycles. The number of hydrogen-bond acceptors (Lipinski definition) is 4. The number of aromatic carboxylic acids is 1. The fourth-order valence-corrected chi connectivity index (χ4v) is 6.80. The Morgan fingerprint density at radius 2 is 2.05 bits per heavy atom. The Balaban J connectivity index is 1.90. The summed E-state index contributed by atoms with van der Waals surface area (Å²) in [6.07, 6.45) is 6.11. The van der Waals surface area contributed by atoms with E-state index < -0.39 is 16.0 Å². The lowest BCUT2D eigenvalue weighted by Crippen LogP contribution is -2.67. The molecule has 2 aliphatic rings. The van der Waals surface area contributed by atoms with Crippen LogP contribution in [0.5, 0.6) is 0 Å². The third-order valence-corrected chi connectivity index (χ3v) is 7.52. The first-order valence-electron chi connectivity index (χ1n) is 7.27. The molecule has 0 amide bonds. The summed E-state index contributed by atoms with van der Waals surface area (Å²) in [6, 6.07) is 1.23. The summed E-state index contributed by atoms with van der Waals surface area (Å²) >= 11 is 0.952. The number of nitrogens with zero attached hydrogens (tertiary/aromatic N) is 1. The number of carbonyl (C=O) groups is 1. The van der Waals surface area contributed by atoms with Crippen molar-refractivity contribution in [2.45, 2.75) is 37.6 Å². The fraction of sp³-hybridized carbons (Fsp3) is 0.533. The SMILES string of the molecule is CC(C)C1N(S(=O)(=O)c2csc(C(=O)O)c2)CC12CC=CC2. The Labute approximate surface area is 134 Å². The molecule has 1 atom stereocenters. The average molecular weight is 341 g/mol. The monoisotopic (exact) mass is 341 g/mol. The largest absolute Gasteiger partial charge is 0.477 e. The van der Waals surface area contributed by atoms with Crippen LogP contribution in [0, 0.1) is 11.3 Å². The van der Waals surface area contributed by atoms with Crippen LogP contribution in [0.15, 0.2) is 28.5 Å². The molecule has 1 spiro atoms. The average Bonchev–Trinajstić information content (AvgIpc) is 3.06. The van der Waals surface area contributed by atoms with Crippen molar-refractivity contribution in [1.29, 1.82) is 0 Å². The maximum atomic E-state index is 12.8. The Morgan fingerprint density at radius 3 is 2.55 bits per heavy atom. The van der Waals surface area contributed by atoms with Crippen molar-refractivity contribution < 1.29 is 18.3 Å². The first kappa shape index (κ1) is 15.7. The molecule has 1 aromatic heterocycles. The molecule has 1 saturated heterocycles. The highest BCUT2D eigenvalue weighted by Crippen LogP contribution is 2.52. The maximum absolute atomic E-state index is 12.8. The first-order valence-corrected chi connectivity index (χ1v) is 9.58. The number of rotatable bonds is 4. The van der Waals surface area contributed by atoms with Gasteiger partial charge in [0.1, 0.15) is 4.88 Å². The van der Waals surface area contributed by atoms with Gasteiger partial charge in [-0.25, -0.2) is 13.2 Å². The fourth-order valence-electron chi connectivity index (χ4n) is 3.76. The van der Waals surface area contributed by atoms with Gasteiger partial charge in [0.25, 0.3) is 0 Å². The molecule has 0 bridgehead atoms. The molecule has 1 fully saturated rings.